The molecule has 0 saturated heterocycles. The highest BCUT2D eigenvalue weighted by Crippen LogP contribution is 2.15. The standard InChI is InChI=1S/C15H14O2.C14H15N.C14H14O/c1-11-2-4-12(5-3-11)10-13-6-8-14(9-7-13)15(16)17;2*1-11-2-4-12(5-3-11)10-13-6-8-14(15)9-7-13/h2-9H,10H2,1H3,(H,16,17);2-9H,10,15H2,1H3;2-9,15H,10H2,1H3. The molecule has 0 radical (unpaired) electrons. The van der Waals surface area contributed by atoms with Crippen LogP contribution in [0.3, 0.4) is 0 Å². The zero-order valence-electron chi connectivity index (χ0n) is 27.4. The number of aromatic hydroxyl groups is 1. The van der Waals surface area contributed by atoms with E-state index in [1.807, 2.05) is 36.4 Å². The van der Waals surface area contributed by atoms with Gasteiger partial charge < -0.3 is 15.9 Å². The van der Waals surface area contributed by atoms with Crippen molar-refractivity contribution in [2.75, 3.05) is 5.73 Å². The minimum absolute atomic E-state index is 0.322. The van der Waals surface area contributed by atoms with E-state index in [4.69, 9.17) is 15.9 Å². The van der Waals surface area contributed by atoms with Gasteiger partial charge in [-0.1, -0.05) is 126 Å². The summed E-state index contributed by atoms with van der Waals surface area (Å²) in [5.41, 5.74) is 18.1. The number of nitrogen functional groups attached to an aromatic ring is 1. The third-order valence-corrected chi connectivity index (χ3v) is 7.70. The Morgan fingerprint density at radius 2 is 0.702 bits per heavy atom. The van der Waals surface area contributed by atoms with E-state index in [9.17, 15) is 4.79 Å². The average Bonchev–Trinajstić information content (AvgIpc) is 3.07. The summed E-state index contributed by atoms with van der Waals surface area (Å²) in [6.45, 7) is 6.25. The predicted octanol–water partition coefficient (Wildman–Crippen LogP) is 9.74. The Kier molecular flexibility index (Phi) is 12.5. The van der Waals surface area contributed by atoms with Crippen LogP contribution in [-0.2, 0) is 19.3 Å². The molecule has 4 heteroatoms. The Morgan fingerprint density at radius 1 is 0.447 bits per heavy atom. The summed E-state index contributed by atoms with van der Waals surface area (Å²) >= 11 is 0. The van der Waals surface area contributed by atoms with Crippen LogP contribution in [0.4, 0.5) is 5.69 Å². The number of phenols is 1. The molecule has 0 unspecified atom stereocenters. The smallest absolute Gasteiger partial charge is 0.335 e. The van der Waals surface area contributed by atoms with Gasteiger partial charge in [-0.3, -0.25) is 0 Å². The molecule has 0 fully saturated rings. The van der Waals surface area contributed by atoms with Crippen LogP contribution >= 0.6 is 0 Å². The van der Waals surface area contributed by atoms with Crippen molar-refractivity contribution in [2.24, 2.45) is 0 Å². The van der Waals surface area contributed by atoms with Crippen molar-refractivity contribution in [3.63, 3.8) is 0 Å². The second-order valence-electron chi connectivity index (χ2n) is 11.9. The van der Waals surface area contributed by atoms with Crippen molar-refractivity contribution in [3.05, 3.63) is 201 Å². The molecule has 0 aliphatic rings. The molecule has 6 rings (SSSR count). The number of benzene rings is 6. The van der Waals surface area contributed by atoms with E-state index in [1.54, 1.807) is 24.3 Å². The third kappa shape index (κ3) is 12.0. The third-order valence-electron chi connectivity index (χ3n) is 7.70. The van der Waals surface area contributed by atoms with Crippen molar-refractivity contribution in [1.29, 1.82) is 0 Å². The van der Waals surface area contributed by atoms with Crippen LogP contribution in [0.2, 0.25) is 0 Å². The maximum absolute atomic E-state index is 10.7. The fourth-order valence-corrected chi connectivity index (χ4v) is 4.84. The van der Waals surface area contributed by atoms with Gasteiger partial charge in [-0.25, -0.2) is 4.79 Å². The van der Waals surface area contributed by atoms with Crippen molar-refractivity contribution < 1.29 is 15.0 Å². The summed E-state index contributed by atoms with van der Waals surface area (Å²) in [4.78, 5) is 10.7. The quantitative estimate of drug-likeness (QED) is 0.155. The van der Waals surface area contributed by atoms with Gasteiger partial charge in [0.15, 0.2) is 0 Å². The van der Waals surface area contributed by atoms with Gasteiger partial charge >= 0.3 is 5.97 Å². The van der Waals surface area contributed by atoms with E-state index < -0.39 is 5.97 Å². The molecule has 0 bridgehead atoms. The Bertz CT molecular complexity index is 1630. The lowest BCUT2D eigenvalue weighted by Crippen LogP contribution is -1.96. The van der Waals surface area contributed by atoms with Crippen molar-refractivity contribution in [2.45, 2.75) is 40.0 Å². The number of nitrogens with two attached hydrogens (primary N) is 1. The number of rotatable bonds is 7. The second kappa shape index (κ2) is 17.2. The predicted molar refractivity (Wildman–Crippen MR) is 194 cm³/mol. The number of aryl methyl sites for hydroxylation is 3. The van der Waals surface area contributed by atoms with Crippen LogP contribution in [0.15, 0.2) is 146 Å². The first-order valence-corrected chi connectivity index (χ1v) is 15.7. The number of hydrogen-bond acceptors (Lipinski definition) is 3. The second-order valence-corrected chi connectivity index (χ2v) is 11.9. The summed E-state index contributed by atoms with van der Waals surface area (Å²) in [6.07, 6.45) is 2.72. The van der Waals surface area contributed by atoms with Gasteiger partial charge in [0.25, 0.3) is 0 Å². The van der Waals surface area contributed by atoms with Gasteiger partial charge in [-0.15, -0.1) is 0 Å². The first-order chi connectivity index (χ1) is 22.6. The molecule has 0 saturated carbocycles. The average molecular weight is 622 g/mol. The summed E-state index contributed by atoms with van der Waals surface area (Å²) in [5, 5.41) is 18.0. The van der Waals surface area contributed by atoms with E-state index in [0.29, 0.717) is 11.3 Å². The Labute approximate surface area is 278 Å². The number of carboxylic acid groups (broad SMARTS) is 1. The summed E-state index contributed by atoms with van der Waals surface area (Å²) in [5.74, 6) is -0.561. The van der Waals surface area contributed by atoms with Gasteiger partial charge in [0.2, 0.25) is 0 Å². The zero-order valence-corrected chi connectivity index (χ0v) is 27.4. The van der Waals surface area contributed by atoms with Crippen molar-refractivity contribution in [1.82, 2.24) is 0 Å². The topological polar surface area (TPSA) is 83.5 Å². The fraction of sp³-hybridized carbons (Fsp3) is 0.140. The number of hydrogen-bond donors (Lipinski definition) is 3. The lowest BCUT2D eigenvalue weighted by Gasteiger charge is -2.03. The van der Waals surface area contributed by atoms with Gasteiger partial charge in [0.05, 0.1) is 5.56 Å². The molecule has 0 heterocycles. The van der Waals surface area contributed by atoms with E-state index >= 15 is 0 Å². The van der Waals surface area contributed by atoms with Gasteiger partial charge in [0, 0.05) is 5.69 Å². The van der Waals surface area contributed by atoms with Gasteiger partial charge in [0.1, 0.15) is 5.75 Å². The van der Waals surface area contributed by atoms with E-state index in [2.05, 4.69) is 106 Å². The molecule has 6 aromatic carbocycles. The number of aromatic carboxylic acids is 1. The van der Waals surface area contributed by atoms with Gasteiger partial charge in [-0.05, 0) is 110 Å². The molecule has 47 heavy (non-hydrogen) atoms. The van der Waals surface area contributed by atoms with Crippen LogP contribution in [0, 0.1) is 20.8 Å². The SMILES string of the molecule is Cc1ccc(Cc2ccc(C(=O)O)cc2)cc1.Cc1ccc(Cc2ccc(N)cc2)cc1.Cc1ccc(Cc2ccc(O)cc2)cc1. The van der Waals surface area contributed by atoms with Crippen LogP contribution in [0.25, 0.3) is 0 Å². The molecule has 6 aromatic rings. The van der Waals surface area contributed by atoms with E-state index in [0.717, 1.165) is 30.5 Å². The summed E-state index contributed by atoms with van der Waals surface area (Å²) < 4.78 is 0. The largest absolute Gasteiger partial charge is 0.508 e. The molecule has 0 aliphatic carbocycles. The highest BCUT2D eigenvalue weighted by Gasteiger charge is 2.02. The first kappa shape index (κ1) is 34.3. The molecule has 238 valence electrons. The maximum Gasteiger partial charge on any atom is 0.335 e. The maximum atomic E-state index is 10.7. The zero-order chi connectivity index (χ0) is 33.6. The number of carboxylic acids is 1. The van der Waals surface area contributed by atoms with Crippen LogP contribution in [-0.4, -0.2) is 16.2 Å². The van der Waals surface area contributed by atoms with E-state index in [1.165, 1.54) is 44.5 Å². The highest BCUT2D eigenvalue weighted by molar-refractivity contribution is 5.87. The fourth-order valence-electron chi connectivity index (χ4n) is 4.84. The molecule has 4 N–H and O–H groups in total. The Balaban J connectivity index is 0.000000160. The van der Waals surface area contributed by atoms with Crippen molar-refractivity contribution in [3.8, 4) is 5.75 Å². The van der Waals surface area contributed by atoms with Gasteiger partial charge in [-0.2, -0.15) is 0 Å². The lowest BCUT2D eigenvalue weighted by atomic mass is 10.0. The molecule has 4 nitrogen and oxygen atoms in total. The molecule has 0 aliphatic heterocycles. The van der Waals surface area contributed by atoms with E-state index in [-0.39, 0.29) is 0 Å². The minimum atomic E-state index is -0.883. The molecule has 0 aromatic heterocycles. The number of phenolic OH excluding ortho intramolecular Hbond substituents is 1. The molecule has 0 atom stereocenters. The minimum Gasteiger partial charge on any atom is -0.508 e. The molecule has 0 amide bonds. The normalized spacial score (nSPS) is 10.2. The number of carbonyl (C=O) groups is 1. The monoisotopic (exact) mass is 621 g/mol. The van der Waals surface area contributed by atoms with Crippen LogP contribution < -0.4 is 5.73 Å². The van der Waals surface area contributed by atoms with Crippen LogP contribution in [0.1, 0.15) is 60.4 Å². The van der Waals surface area contributed by atoms with Crippen LogP contribution in [0.5, 0.6) is 5.75 Å². The molecule has 0 spiro atoms. The van der Waals surface area contributed by atoms with Crippen molar-refractivity contribution >= 4 is 11.7 Å². The molecular weight excluding hydrogens is 578 g/mol. The first-order valence-electron chi connectivity index (χ1n) is 15.7. The molecular formula is C43H43NO3. The highest BCUT2D eigenvalue weighted by atomic mass is 16.4. The Morgan fingerprint density at radius 3 is 1.00 bits per heavy atom. The lowest BCUT2D eigenvalue weighted by molar-refractivity contribution is 0.0697. The summed E-state index contributed by atoms with van der Waals surface area (Å²) in [6, 6.07) is 48.0. The number of anilines is 1. The summed E-state index contributed by atoms with van der Waals surface area (Å²) in [7, 11) is 0. The Hall–Kier alpha value is -5.61.